The molecule has 1 heterocycles. The standard InChI is InChI=1S/C16H18N4O/c1-21-16-9-14(19-12-13(10-17)11-18)5-6-15(16)20-7-3-2-4-8-20/h5-6,9,12,19H,2-4,7-8H2,1H3. The van der Waals surface area contributed by atoms with Crippen molar-refractivity contribution in [1.29, 1.82) is 10.5 Å². The molecule has 0 spiro atoms. The summed E-state index contributed by atoms with van der Waals surface area (Å²) < 4.78 is 5.47. The van der Waals surface area contributed by atoms with Crippen molar-refractivity contribution in [1.82, 2.24) is 0 Å². The van der Waals surface area contributed by atoms with Gasteiger partial charge in [0.1, 0.15) is 23.5 Å². The molecular formula is C16H18N4O. The lowest BCUT2D eigenvalue weighted by Crippen LogP contribution is -2.29. The molecule has 0 unspecified atom stereocenters. The van der Waals surface area contributed by atoms with Crippen LogP contribution in [0.3, 0.4) is 0 Å². The van der Waals surface area contributed by atoms with Crippen LogP contribution in [0.2, 0.25) is 0 Å². The molecule has 0 bridgehead atoms. The number of nitrogens with zero attached hydrogens (tertiary/aromatic N) is 3. The lowest BCUT2D eigenvalue weighted by atomic mass is 10.1. The van der Waals surface area contributed by atoms with Gasteiger partial charge in [0.15, 0.2) is 0 Å². The molecule has 1 aromatic rings. The summed E-state index contributed by atoms with van der Waals surface area (Å²) in [5, 5.41) is 20.4. The topological polar surface area (TPSA) is 72.1 Å². The average Bonchev–Trinajstić information content (AvgIpc) is 2.56. The second kappa shape index (κ2) is 7.21. The molecule has 5 heteroatoms. The van der Waals surface area contributed by atoms with Crippen LogP contribution >= 0.6 is 0 Å². The van der Waals surface area contributed by atoms with E-state index in [-0.39, 0.29) is 5.57 Å². The third-order valence-electron chi connectivity index (χ3n) is 3.50. The number of anilines is 2. The van der Waals surface area contributed by atoms with Crippen molar-refractivity contribution in [3.63, 3.8) is 0 Å². The Bertz CT molecular complexity index is 588. The third kappa shape index (κ3) is 3.67. The van der Waals surface area contributed by atoms with Crippen LogP contribution in [0.4, 0.5) is 11.4 Å². The van der Waals surface area contributed by atoms with Crippen LogP contribution < -0.4 is 15.0 Å². The van der Waals surface area contributed by atoms with Crippen molar-refractivity contribution in [2.45, 2.75) is 19.3 Å². The van der Waals surface area contributed by atoms with Crippen molar-refractivity contribution in [2.75, 3.05) is 30.4 Å². The summed E-state index contributed by atoms with van der Waals surface area (Å²) in [6.45, 7) is 2.10. The molecule has 0 aliphatic carbocycles. The highest BCUT2D eigenvalue weighted by atomic mass is 16.5. The van der Waals surface area contributed by atoms with Gasteiger partial charge < -0.3 is 15.0 Å². The van der Waals surface area contributed by atoms with Gasteiger partial charge in [-0.1, -0.05) is 0 Å². The predicted octanol–water partition coefficient (Wildman–Crippen LogP) is 3.03. The van der Waals surface area contributed by atoms with Gasteiger partial charge in [-0.05, 0) is 31.4 Å². The predicted molar refractivity (Wildman–Crippen MR) is 82.0 cm³/mol. The Kier molecular flexibility index (Phi) is 5.06. The van der Waals surface area contributed by atoms with Crippen LogP contribution in [0.15, 0.2) is 30.0 Å². The summed E-state index contributed by atoms with van der Waals surface area (Å²) >= 11 is 0. The number of nitriles is 2. The largest absolute Gasteiger partial charge is 0.495 e. The molecule has 1 fully saturated rings. The fourth-order valence-electron chi connectivity index (χ4n) is 2.41. The van der Waals surface area contributed by atoms with Crippen LogP contribution in [0.25, 0.3) is 0 Å². The Labute approximate surface area is 125 Å². The van der Waals surface area contributed by atoms with Gasteiger partial charge in [-0.3, -0.25) is 0 Å². The van der Waals surface area contributed by atoms with Crippen LogP contribution in [0.1, 0.15) is 19.3 Å². The summed E-state index contributed by atoms with van der Waals surface area (Å²) in [5.41, 5.74) is 1.91. The fourth-order valence-corrected chi connectivity index (χ4v) is 2.41. The molecule has 1 aliphatic rings. The van der Waals surface area contributed by atoms with Gasteiger partial charge in [0.25, 0.3) is 0 Å². The molecule has 0 aromatic heterocycles. The Balaban J connectivity index is 2.18. The Morgan fingerprint density at radius 2 is 1.95 bits per heavy atom. The first kappa shape index (κ1) is 14.7. The molecule has 1 N–H and O–H groups in total. The number of piperidine rings is 1. The smallest absolute Gasteiger partial charge is 0.145 e. The number of benzene rings is 1. The van der Waals surface area contributed by atoms with Crippen molar-refractivity contribution in [2.24, 2.45) is 0 Å². The van der Waals surface area contributed by atoms with Gasteiger partial charge in [-0.15, -0.1) is 0 Å². The molecule has 0 atom stereocenters. The summed E-state index contributed by atoms with van der Waals surface area (Å²) in [5.74, 6) is 0.797. The minimum atomic E-state index is 0.0362. The number of hydrogen-bond donors (Lipinski definition) is 1. The van der Waals surface area contributed by atoms with Crippen LogP contribution in [0.5, 0.6) is 5.75 Å². The van der Waals surface area contributed by atoms with Gasteiger partial charge in [0.2, 0.25) is 0 Å². The lowest BCUT2D eigenvalue weighted by molar-refractivity contribution is 0.413. The van der Waals surface area contributed by atoms with Crippen molar-refractivity contribution >= 4 is 11.4 Å². The highest BCUT2D eigenvalue weighted by Crippen LogP contribution is 2.33. The first-order valence-electron chi connectivity index (χ1n) is 6.98. The quantitative estimate of drug-likeness (QED) is 0.859. The second-order valence-corrected chi connectivity index (χ2v) is 4.86. The highest BCUT2D eigenvalue weighted by molar-refractivity contribution is 5.66. The molecule has 0 radical (unpaired) electrons. The van der Waals surface area contributed by atoms with Crippen LogP contribution in [-0.2, 0) is 0 Å². The maximum Gasteiger partial charge on any atom is 0.145 e. The molecule has 1 aliphatic heterocycles. The first-order chi connectivity index (χ1) is 10.3. The van der Waals surface area contributed by atoms with Crippen molar-refractivity contribution in [3.05, 3.63) is 30.0 Å². The number of allylic oxidation sites excluding steroid dienone is 1. The van der Waals surface area contributed by atoms with E-state index in [1.54, 1.807) is 7.11 Å². The molecular weight excluding hydrogens is 264 g/mol. The van der Waals surface area contributed by atoms with Gasteiger partial charge in [-0.2, -0.15) is 10.5 Å². The van der Waals surface area contributed by atoms with E-state index in [4.69, 9.17) is 15.3 Å². The maximum absolute atomic E-state index is 8.71. The van der Waals surface area contributed by atoms with Crippen molar-refractivity contribution < 1.29 is 4.74 Å². The monoisotopic (exact) mass is 282 g/mol. The Hall–Kier alpha value is -2.66. The van der Waals surface area contributed by atoms with E-state index < -0.39 is 0 Å². The zero-order chi connectivity index (χ0) is 15.1. The molecule has 0 saturated carbocycles. The van der Waals surface area contributed by atoms with Gasteiger partial charge in [0.05, 0.1) is 12.8 Å². The second-order valence-electron chi connectivity index (χ2n) is 4.86. The summed E-state index contributed by atoms with van der Waals surface area (Å²) in [7, 11) is 1.65. The Morgan fingerprint density at radius 3 is 2.57 bits per heavy atom. The number of rotatable bonds is 4. The first-order valence-corrected chi connectivity index (χ1v) is 6.98. The minimum absolute atomic E-state index is 0.0362. The summed E-state index contributed by atoms with van der Waals surface area (Å²) in [4.78, 5) is 2.33. The molecule has 108 valence electrons. The maximum atomic E-state index is 8.71. The van der Waals surface area contributed by atoms with E-state index in [9.17, 15) is 0 Å². The van der Waals surface area contributed by atoms with E-state index in [2.05, 4.69) is 10.2 Å². The van der Waals surface area contributed by atoms with Crippen LogP contribution in [-0.4, -0.2) is 20.2 Å². The summed E-state index contributed by atoms with van der Waals surface area (Å²) in [6, 6.07) is 9.44. The minimum Gasteiger partial charge on any atom is -0.495 e. The normalized spacial score (nSPS) is 13.8. The third-order valence-corrected chi connectivity index (χ3v) is 3.50. The molecule has 21 heavy (non-hydrogen) atoms. The van der Waals surface area contributed by atoms with E-state index in [1.165, 1.54) is 25.5 Å². The number of methoxy groups -OCH3 is 1. The zero-order valence-electron chi connectivity index (χ0n) is 12.1. The zero-order valence-corrected chi connectivity index (χ0v) is 12.1. The molecule has 5 nitrogen and oxygen atoms in total. The Morgan fingerprint density at radius 1 is 1.24 bits per heavy atom. The number of hydrogen-bond acceptors (Lipinski definition) is 5. The molecule has 1 aromatic carbocycles. The molecule has 1 saturated heterocycles. The SMILES string of the molecule is COc1cc(NC=C(C#N)C#N)ccc1N1CCCCC1. The van der Waals surface area contributed by atoms with E-state index in [0.717, 1.165) is 30.2 Å². The van der Waals surface area contributed by atoms with Gasteiger partial charge in [-0.25, -0.2) is 0 Å². The fraction of sp³-hybridized carbons (Fsp3) is 0.375. The highest BCUT2D eigenvalue weighted by Gasteiger charge is 2.15. The van der Waals surface area contributed by atoms with E-state index >= 15 is 0 Å². The average molecular weight is 282 g/mol. The number of nitrogens with one attached hydrogen (secondary N) is 1. The van der Waals surface area contributed by atoms with Crippen molar-refractivity contribution in [3.8, 4) is 17.9 Å². The molecule has 2 rings (SSSR count). The van der Waals surface area contributed by atoms with Gasteiger partial charge in [0, 0.05) is 31.0 Å². The van der Waals surface area contributed by atoms with E-state index in [1.807, 2.05) is 30.3 Å². The lowest BCUT2D eigenvalue weighted by Gasteiger charge is -2.30. The summed E-state index contributed by atoms with van der Waals surface area (Å²) in [6.07, 6.45) is 5.10. The van der Waals surface area contributed by atoms with Gasteiger partial charge >= 0.3 is 0 Å². The number of ether oxygens (including phenoxy) is 1. The van der Waals surface area contributed by atoms with E-state index in [0.29, 0.717) is 0 Å². The van der Waals surface area contributed by atoms with Crippen LogP contribution in [0, 0.1) is 22.7 Å². The molecule has 0 amide bonds.